The van der Waals surface area contributed by atoms with Crippen molar-refractivity contribution in [2.24, 2.45) is 5.92 Å². The first kappa shape index (κ1) is 20.3. The van der Waals surface area contributed by atoms with Crippen LogP contribution in [0.25, 0.3) is 0 Å². The Balaban J connectivity index is 1.66. The molecule has 2 saturated heterocycles. The number of halogens is 1. The molecule has 0 unspecified atom stereocenters. The van der Waals surface area contributed by atoms with E-state index in [-0.39, 0.29) is 36.8 Å². The molecule has 7 nitrogen and oxygen atoms in total. The Hall–Kier alpha value is -2.48. The summed E-state index contributed by atoms with van der Waals surface area (Å²) in [6, 6.07) is 6.18. The Morgan fingerprint density at radius 1 is 1.21 bits per heavy atom. The fourth-order valence-electron chi connectivity index (χ4n) is 3.82. The van der Waals surface area contributed by atoms with Gasteiger partial charge in [-0.2, -0.15) is 0 Å². The molecule has 0 aliphatic carbocycles. The molecule has 1 N–H and O–H groups in total. The number of urea groups is 1. The summed E-state index contributed by atoms with van der Waals surface area (Å²) in [5, 5.41) is 2.20. The fraction of sp³-hybridized carbons (Fsp3) is 0.550. The van der Waals surface area contributed by atoms with E-state index in [1.54, 1.807) is 17.0 Å². The molecule has 3 rings (SSSR count). The second-order valence-electron chi connectivity index (χ2n) is 7.81. The van der Waals surface area contributed by atoms with E-state index in [2.05, 4.69) is 24.1 Å². The number of imide groups is 1. The lowest BCUT2D eigenvalue weighted by Crippen LogP contribution is -2.48. The summed E-state index contributed by atoms with van der Waals surface area (Å²) >= 11 is 0. The third-order valence-electron chi connectivity index (χ3n) is 5.37. The largest absolute Gasteiger partial charge is 0.340 e. The van der Waals surface area contributed by atoms with Gasteiger partial charge in [0.15, 0.2) is 0 Å². The molecule has 28 heavy (non-hydrogen) atoms. The smallest absolute Gasteiger partial charge is 0.325 e. The maximum Gasteiger partial charge on any atom is 0.325 e. The van der Waals surface area contributed by atoms with Gasteiger partial charge in [-0.1, -0.05) is 26.0 Å². The molecule has 4 amide bonds. The Bertz CT molecular complexity index is 737. The van der Waals surface area contributed by atoms with Crippen LogP contribution >= 0.6 is 0 Å². The fourth-order valence-corrected chi connectivity index (χ4v) is 3.82. The van der Waals surface area contributed by atoms with Gasteiger partial charge in [-0.3, -0.25) is 19.8 Å². The van der Waals surface area contributed by atoms with E-state index in [9.17, 15) is 18.8 Å². The molecule has 0 radical (unpaired) electrons. The Kier molecular flexibility index (Phi) is 6.28. The van der Waals surface area contributed by atoms with Crippen LogP contribution in [0.4, 0.5) is 9.18 Å². The molecule has 0 bridgehead atoms. The van der Waals surface area contributed by atoms with Crippen LogP contribution < -0.4 is 5.32 Å². The normalized spacial score (nSPS) is 21.2. The molecule has 2 aliphatic heterocycles. The molecular weight excluding hydrogens is 363 g/mol. The molecule has 8 heteroatoms. The van der Waals surface area contributed by atoms with Gasteiger partial charge in [0.2, 0.25) is 11.8 Å². The Labute approximate surface area is 164 Å². The number of hydrogen-bond donors (Lipinski definition) is 1. The van der Waals surface area contributed by atoms with Crippen molar-refractivity contribution in [2.75, 3.05) is 32.7 Å². The first-order valence-corrected chi connectivity index (χ1v) is 9.68. The van der Waals surface area contributed by atoms with Crippen molar-refractivity contribution < 1.29 is 18.8 Å². The summed E-state index contributed by atoms with van der Waals surface area (Å²) in [6.45, 7) is 6.84. The average molecular weight is 390 g/mol. The molecule has 2 heterocycles. The minimum atomic E-state index is -0.508. The van der Waals surface area contributed by atoms with Crippen molar-refractivity contribution in [1.82, 2.24) is 20.0 Å². The summed E-state index contributed by atoms with van der Waals surface area (Å²) in [5.74, 6) is -0.440. The minimum absolute atomic E-state index is 0.0668. The number of carbonyl (C=O) groups is 3. The zero-order valence-electron chi connectivity index (χ0n) is 16.4. The van der Waals surface area contributed by atoms with Crippen molar-refractivity contribution in [3.63, 3.8) is 0 Å². The van der Waals surface area contributed by atoms with Crippen LogP contribution in [-0.4, -0.2) is 71.3 Å². The molecule has 152 valence electrons. The van der Waals surface area contributed by atoms with Gasteiger partial charge in [-0.15, -0.1) is 0 Å². The van der Waals surface area contributed by atoms with E-state index in [1.165, 1.54) is 17.0 Å². The predicted molar refractivity (Wildman–Crippen MR) is 102 cm³/mol. The SMILES string of the molecule is CC(C)[C@@H]1CN(C(=O)CN2CC(=O)NC2=O)CCCN1Cc1ccc(F)cc1. The molecule has 2 aliphatic rings. The van der Waals surface area contributed by atoms with Crippen LogP contribution in [0.15, 0.2) is 24.3 Å². The summed E-state index contributed by atoms with van der Waals surface area (Å²) in [5.41, 5.74) is 1.04. The number of amides is 4. The first-order chi connectivity index (χ1) is 13.3. The zero-order valence-corrected chi connectivity index (χ0v) is 16.4. The third kappa shape index (κ3) is 4.86. The maximum atomic E-state index is 13.2. The zero-order chi connectivity index (χ0) is 20.3. The number of nitrogens with one attached hydrogen (secondary N) is 1. The number of nitrogens with zero attached hydrogens (tertiary/aromatic N) is 3. The van der Waals surface area contributed by atoms with Crippen LogP contribution in [-0.2, 0) is 16.1 Å². The van der Waals surface area contributed by atoms with Crippen molar-refractivity contribution in [2.45, 2.75) is 32.9 Å². The second-order valence-corrected chi connectivity index (χ2v) is 7.81. The highest BCUT2D eigenvalue weighted by Crippen LogP contribution is 2.20. The predicted octanol–water partition coefficient (Wildman–Crippen LogP) is 1.44. The van der Waals surface area contributed by atoms with Gasteiger partial charge in [0.25, 0.3) is 0 Å². The molecular formula is C20H27FN4O3. The number of hydrogen-bond acceptors (Lipinski definition) is 4. The number of carbonyl (C=O) groups excluding carboxylic acids is 3. The summed E-state index contributed by atoms with van der Waals surface area (Å²) in [6.07, 6.45) is 0.821. The van der Waals surface area contributed by atoms with Gasteiger partial charge < -0.3 is 9.80 Å². The van der Waals surface area contributed by atoms with Crippen molar-refractivity contribution >= 4 is 17.8 Å². The Morgan fingerprint density at radius 3 is 2.54 bits per heavy atom. The summed E-state index contributed by atoms with van der Waals surface area (Å²) in [4.78, 5) is 41.2. The topological polar surface area (TPSA) is 73.0 Å². The van der Waals surface area contributed by atoms with Crippen molar-refractivity contribution in [1.29, 1.82) is 0 Å². The number of rotatable bonds is 5. The van der Waals surface area contributed by atoms with Crippen LogP contribution in [0.2, 0.25) is 0 Å². The molecule has 0 aromatic heterocycles. The highest BCUT2D eigenvalue weighted by Gasteiger charge is 2.33. The van der Waals surface area contributed by atoms with Crippen LogP contribution in [0.5, 0.6) is 0 Å². The van der Waals surface area contributed by atoms with Gasteiger partial charge in [0.1, 0.15) is 18.9 Å². The first-order valence-electron chi connectivity index (χ1n) is 9.68. The van der Waals surface area contributed by atoms with E-state index in [0.29, 0.717) is 25.6 Å². The minimum Gasteiger partial charge on any atom is -0.340 e. The van der Waals surface area contributed by atoms with E-state index >= 15 is 0 Å². The lowest BCUT2D eigenvalue weighted by atomic mass is 10.0. The quantitative estimate of drug-likeness (QED) is 0.772. The average Bonchev–Trinajstić information content (AvgIpc) is 2.83. The third-order valence-corrected chi connectivity index (χ3v) is 5.37. The summed E-state index contributed by atoms with van der Waals surface area (Å²) in [7, 11) is 0. The second kappa shape index (κ2) is 8.68. The van der Waals surface area contributed by atoms with Crippen molar-refractivity contribution in [3.8, 4) is 0 Å². The molecule has 1 atom stereocenters. The molecule has 1 aromatic carbocycles. The van der Waals surface area contributed by atoms with Gasteiger partial charge >= 0.3 is 6.03 Å². The van der Waals surface area contributed by atoms with E-state index in [4.69, 9.17) is 0 Å². The van der Waals surface area contributed by atoms with Gasteiger partial charge in [0.05, 0.1) is 0 Å². The van der Waals surface area contributed by atoms with Gasteiger partial charge in [-0.05, 0) is 30.0 Å². The standard InChI is InChI=1S/C20H27FN4O3/c1-14(2)17-11-24(19(27)13-25-12-18(26)22-20(25)28)9-3-8-23(17)10-15-4-6-16(21)7-5-15/h4-7,14,17H,3,8-13H2,1-2H3,(H,22,26,28)/t17-/m0/s1. The lowest BCUT2D eigenvalue weighted by Gasteiger charge is -2.35. The monoisotopic (exact) mass is 390 g/mol. The van der Waals surface area contributed by atoms with Crippen molar-refractivity contribution in [3.05, 3.63) is 35.6 Å². The lowest BCUT2D eigenvalue weighted by molar-refractivity contribution is -0.132. The van der Waals surface area contributed by atoms with Gasteiger partial charge in [0, 0.05) is 32.2 Å². The van der Waals surface area contributed by atoms with E-state index < -0.39 is 6.03 Å². The number of benzene rings is 1. The van der Waals surface area contributed by atoms with Crippen LogP contribution in [0.3, 0.4) is 0 Å². The summed E-state index contributed by atoms with van der Waals surface area (Å²) < 4.78 is 13.2. The van der Waals surface area contributed by atoms with Gasteiger partial charge in [-0.25, -0.2) is 9.18 Å². The maximum absolute atomic E-state index is 13.2. The molecule has 2 fully saturated rings. The van der Waals surface area contributed by atoms with Crippen LogP contribution in [0, 0.1) is 11.7 Å². The van der Waals surface area contributed by atoms with E-state index in [0.717, 1.165) is 18.5 Å². The van der Waals surface area contributed by atoms with E-state index in [1.807, 2.05) is 0 Å². The highest BCUT2D eigenvalue weighted by atomic mass is 19.1. The molecule has 1 aromatic rings. The van der Waals surface area contributed by atoms with Crippen LogP contribution in [0.1, 0.15) is 25.8 Å². The highest BCUT2D eigenvalue weighted by molar-refractivity contribution is 6.03. The molecule has 0 spiro atoms. The molecule has 0 saturated carbocycles. The Morgan fingerprint density at radius 2 is 1.93 bits per heavy atom.